The maximum Gasteiger partial charge on any atom is 0.335 e. The predicted octanol–water partition coefficient (Wildman–Crippen LogP) is 4.93. The molecule has 1 saturated heterocycles. The van der Waals surface area contributed by atoms with Gasteiger partial charge in [-0.05, 0) is 60.4 Å². The monoisotopic (exact) mass is 528 g/mol. The number of carbonyl (C=O) groups is 1. The van der Waals surface area contributed by atoms with Gasteiger partial charge >= 0.3 is 5.97 Å². The summed E-state index contributed by atoms with van der Waals surface area (Å²) in [6, 6.07) is 17.1. The van der Waals surface area contributed by atoms with Gasteiger partial charge in [-0.15, -0.1) is 0 Å². The van der Waals surface area contributed by atoms with E-state index in [1.807, 2.05) is 18.2 Å². The highest BCUT2D eigenvalue weighted by atomic mass is 19.1. The molecule has 2 aromatic carbocycles. The smallest absolute Gasteiger partial charge is 0.335 e. The molecule has 0 amide bonds. The zero-order valence-corrected chi connectivity index (χ0v) is 21.4. The van der Waals surface area contributed by atoms with Crippen molar-refractivity contribution >= 4 is 22.6 Å². The van der Waals surface area contributed by atoms with Gasteiger partial charge in [0.25, 0.3) is 0 Å². The van der Waals surface area contributed by atoms with Crippen LogP contribution < -0.4 is 4.74 Å². The van der Waals surface area contributed by atoms with Crippen molar-refractivity contribution in [3.63, 3.8) is 0 Å². The first-order valence-corrected chi connectivity index (χ1v) is 13.1. The van der Waals surface area contributed by atoms with Crippen molar-refractivity contribution in [3.8, 4) is 5.88 Å². The Labute approximate surface area is 225 Å². The highest BCUT2D eigenvalue weighted by Crippen LogP contribution is 2.26. The second-order valence-corrected chi connectivity index (χ2v) is 9.92. The summed E-state index contributed by atoms with van der Waals surface area (Å²) in [4.78, 5) is 23.4. The van der Waals surface area contributed by atoms with Crippen molar-refractivity contribution in [1.82, 2.24) is 19.4 Å². The molecule has 1 fully saturated rings. The molecule has 0 unspecified atom stereocenters. The number of aromatic nitrogens is 3. The number of ether oxygens (including phenoxy) is 2. The minimum Gasteiger partial charge on any atom is -0.478 e. The summed E-state index contributed by atoms with van der Waals surface area (Å²) in [6.45, 7) is 4.00. The number of aromatic carboxylic acids is 1. The number of nitrogens with zero attached hydrogens (tertiary/aromatic N) is 4. The lowest BCUT2D eigenvalue weighted by Crippen LogP contribution is -2.33. The summed E-state index contributed by atoms with van der Waals surface area (Å²) in [7, 11) is 0. The van der Waals surface area contributed by atoms with Crippen molar-refractivity contribution in [2.24, 2.45) is 0 Å². The first kappa shape index (κ1) is 25.2. The van der Waals surface area contributed by atoms with Crippen LogP contribution in [-0.4, -0.2) is 56.3 Å². The summed E-state index contributed by atoms with van der Waals surface area (Å²) in [5.74, 6) is 0.231. The lowest BCUT2D eigenvalue weighted by Gasteiger charge is -2.29. The molecule has 2 aromatic heterocycles. The third-order valence-corrected chi connectivity index (χ3v) is 7.26. The van der Waals surface area contributed by atoms with Crippen molar-refractivity contribution in [1.29, 1.82) is 0 Å². The lowest BCUT2D eigenvalue weighted by atomic mass is 10.0. The van der Waals surface area contributed by atoms with Gasteiger partial charge in [-0.25, -0.2) is 19.2 Å². The van der Waals surface area contributed by atoms with Crippen LogP contribution in [0.15, 0.2) is 66.7 Å². The third-order valence-electron chi connectivity index (χ3n) is 7.26. The Morgan fingerprint density at radius 1 is 1.13 bits per heavy atom. The van der Waals surface area contributed by atoms with E-state index in [1.54, 1.807) is 30.3 Å². The molecule has 2 aliphatic rings. The van der Waals surface area contributed by atoms with E-state index in [-0.39, 0.29) is 17.5 Å². The summed E-state index contributed by atoms with van der Waals surface area (Å²) >= 11 is 0. The number of carboxylic acids is 1. The Bertz CT molecular complexity index is 1530. The SMILES string of the molecule is O=C(O)c1ccc2nc(CN3CC=C(c4cccc(OCc5ccc(F)cc5)n4)CC3)n(C[C@@H]3CCO3)c2c1. The van der Waals surface area contributed by atoms with Crippen LogP contribution in [0.5, 0.6) is 5.88 Å². The molecule has 0 aliphatic carbocycles. The maximum absolute atomic E-state index is 13.1. The van der Waals surface area contributed by atoms with Gasteiger partial charge in [0.15, 0.2) is 0 Å². The van der Waals surface area contributed by atoms with Gasteiger partial charge in [-0.3, -0.25) is 4.90 Å². The molecule has 8 nitrogen and oxygen atoms in total. The fourth-order valence-corrected chi connectivity index (χ4v) is 4.96. The second kappa shape index (κ2) is 11.0. The van der Waals surface area contributed by atoms with Crippen LogP contribution in [0.3, 0.4) is 0 Å². The lowest BCUT2D eigenvalue weighted by molar-refractivity contribution is -0.0591. The van der Waals surface area contributed by atoms with E-state index < -0.39 is 5.97 Å². The molecule has 6 rings (SSSR count). The van der Waals surface area contributed by atoms with E-state index in [1.165, 1.54) is 17.7 Å². The van der Waals surface area contributed by atoms with Gasteiger partial charge in [-0.2, -0.15) is 0 Å². The second-order valence-electron chi connectivity index (χ2n) is 9.92. The number of pyridine rings is 1. The average molecular weight is 529 g/mol. The minimum absolute atomic E-state index is 0.131. The molecule has 1 atom stereocenters. The van der Waals surface area contributed by atoms with E-state index in [0.717, 1.165) is 60.7 Å². The summed E-state index contributed by atoms with van der Waals surface area (Å²) in [6.07, 6.45) is 4.16. The number of hydrogen-bond donors (Lipinski definition) is 1. The van der Waals surface area contributed by atoms with Gasteiger partial charge in [0, 0.05) is 25.8 Å². The van der Waals surface area contributed by atoms with Crippen molar-refractivity contribution in [3.05, 3.63) is 95.2 Å². The molecule has 4 heterocycles. The third kappa shape index (κ3) is 5.69. The van der Waals surface area contributed by atoms with Crippen molar-refractivity contribution in [2.45, 2.75) is 38.6 Å². The van der Waals surface area contributed by atoms with Crippen molar-refractivity contribution in [2.75, 3.05) is 19.7 Å². The van der Waals surface area contributed by atoms with Gasteiger partial charge in [-0.1, -0.05) is 24.3 Å². The average Bonchev–Trinajstić information content (AvgIpc) is 3.26. The van der Waals surface area contributed by atoms with Crippen LogP contribution in [0.1, 0.15) is 40.3 Å². The van der Waals surface area contributed by atoms with Crippen LogP contribution in [0.4, 0.5) is 4.39 Å². The van der Waals surface area contributed by atoms with Gasteiger partial charge in [0.05, 0.1) is 41.5 Å². The van der Waals surface area contributed by atoms with E-state index >= 15 is 0 Å². The van der Waals surface area contributed by atoms with Gasteiger partial charge in [0.2, 0.25) is 5.88 Å². The molecular formula is C30H29FN4O4. The fraction of sp³-hybridized carbons (Fsp3) is 0.300. The predicted molar refractivity (Wildman–Crippen MR) is 144 cm³/mol. The molecule has 0 bridgehead atoms. The highest BCUT2D eigenvalue weighted by molar-refractivity contribution is 5.92. The van der Waals surface area contributed by atoms with Crippen LogP contribution in [-0.2, 0) is 24.4 Å². The molecule has 2 aliphatic heterocycles. The molecule has 200 valence electrons. The van der Waals surface area contributed by atoms with Crippen LogP contribution in [0.25, 0.3) is 16.6 Å². The van der Waals surface area contributed by atoms with Crippen LogP contribution >= 0.6 is 0 Å². The fourth-order valence-electron chi connectivity index (χ4n) is 4.96. The number of hydrogen-bond acceptors (Lipinski definition) is 6. The quantitative estimate of drug-likeness (QED) is 0.330. The molecule has 9 heteroatoms. The summed E-state index contributed by atoms with van der Waals surface area (Å²) < 4.78 is 26.8. The summed E-state index contributed by atoms with van der Waals surface area (Å²) in [5.41, 5.74) is 4.82. The topological polar surface area (TPSA) is 89.7 Å². The maximum atomic E-state index is 13.1. The van der Waals surface area contributed by atoms with E-state index in [9.17, 15) is 14.3 Å². The Hall–Kier alpha value is -4.08. The first-order valence-electron chi connectivity index (χ1n) is 13.1. The van der Waals surface area contributed by atoms with E-state index in [0.29, 0.717) is 25.6 Å². The van der Waals surface area contributed by atoms with Crippen LogP contribution in [0, 0.1) is 5.82 Å². The molecule has 0 radical (unpaired) electrons. The Kier molecular flexibility index (Phi) is 7.08. The van der Waals surface area contributed by atoms with Gasteiger partial charge in [0.1, 0.15) is 18.2 Å². The molecule has 39 heavy (non-hydrogen) atoms. The number of carboxylic acid groups (broad SMARTS) is 1. The molecule has 0 saturated carbocycles. The minimum atomic E-state index is -0.946. The number of imidazole rings is 1. The normalized spacial score (nSPS) is 17.6. The largest absolute Gasteiger partial charge is 0.478 e. The Morgan fingerprint density at radius 2 is 1.97 bits per heavy atom. The van der Waals surface area contributed by atoms with E-state index in [2.05, 4.69) is 15.5 Å². The number of halogens is 1. The molecule has 1 N–H and O–H groups in total. The van der Waals surface area contributed by atoms with E-state index in [4.69, 9.17) is 19.4 Å². The Morgan fingerprint density at radius 3 is 2.69 bits per heavy atom. The van der Waals surface area contributed by atoms with Crippen molar-refractivity contribution < 1.29 is 23.8 Å². The molecule has 0 spiro atoms. The van der Waals surface area contributed by atoms with Crippen LogP contribution in [0.2, 0.25) is 0 Å². The number of fused-ring (bicyclic) bond motifs is 1. The van der Waals surface area contributed by atoms with Gasteiger partial charge < -0.3 is 19.1 Å². The zero-order chi connectivity index (χ0) is 26.8. The zero-order valence-electron chi connectivity index (χ0n) is 21.4. The first-order chi connectivity index (χ1) is 19.0. The number of rotatable bonds is 9. The standard InChI is InChI=1S/C30H29FN4O4/c31-23-7-4-20(5-8-23)19-39-29-3-1-2-25(33-29)21-10-13-34(14-11-21)18-28-32-26-9-6-22(30(36)37)16-27(26)35(28)17-24-12-15-38-24/h1-10,16,24H,11-15,17-19H2,(H,36,37)/t24-/m0/s1. The molecular weight excluding hydrogens is 499 g/mol. The highest BCUT2D eigenvalue weighted by Gasteiger charge is 2.24. The number of benzene rings is 2. The summed E-state index contributed by atoms with van der Waals surface area (Å²) in [5, 5.41) is 9.47. The Balaban J connectivity index is 1.15. The molecule has 4 aromatic rings.